The Labute approximate surface area is 138 Å². The Kier molecular flexibility index (Phi) is 5.21. The minimum Gasteiger partial charge on any atom is -0.508 e. The SMILES string of the molecule is O=C(Cc1cccc(O)c1)NCC1(N2CCCC2)CCCCC1. The third kappa shape index (κ3) is 4.05. The van der Waals surface area contributed by atoms with Gasteiger partial charge in [0.05, 0.1) is 6.42 Å². The van der Waals surface area contributed by atoms with E-state index in [0.29, 0.717) is 6.42 Å². The number of carbonyl (C=O) groups excluding carboxylic acids is 1. The second-order valence-corrected chi connectivity index (χ2v) is 7.10. The first-order valence-electron chi connectivity index (χ1n) is 8.98. The van der Waals surface area contributed by atoms with Crippen LogP contribution in [0.25, 0.3) is 0 Å². The molecule has 2 N–H and O–H groups in total. The number of benzene rings is 1. The maximum Gasteiger partial charge on any atom is 0.224 e. The molecule has 126 valence electrons. The third-order valence-electron chi connectivity index (χ3n) is 5.45. The standard InChI is InChI=1S/C19H28N2O2/c22-17-8-6-7-16(13-17)14-18(23)20-15-19(9-2-1-3-10-19)21-11-4-5-12-21/h6-8,13,22H,1-5,9-12,14-15H2,(H,20,23). The molecule has 0 spiro atoms. The molecule has 1 aromatic carbocycles. The molecule has 1 amide bonds. The van der Waals surface area contributed by atoms with Crippen LogP contribution in [0, 0.1) is 0 Å². The lowest BCUT2D eigenvalue weighted by Gasteiger charge is -2.45. The first kappa shape index (κ1) is 16.3. The molecule has 0 aromatic heterocycles. The molecule has 0 bridgehead atoms. The van der Waals surface area contributed by atoms with E-state index in [1.165, 1.54) is 58.0 Å². The van der Waals surface area contributed by atoms with Crippen molar-refractivity contribution in [3.05, 3.63) is 29.8 Å². The van der Waals surface area contributed by atoms with E-state index in [4.69, 9.17) is 0 Å². The summed E-state index contributed by atoms with van der Waals surface area (Å²) in [5, 5.41) is 12.7. The average molecular weight is 316 g/mol. The lowest BCUT2D eigenvalue weighted by molar-refractivity contribution is -0.121. The van der Waals surface area contributed by atoms with E-state index in [-0.39, 0.29) is 17.2 Å². The highest BCUT2D eigenvalue weighted by Gasteiger charge is 2.39. The number of aromatic hydroxyl groups is 1. The molecule has 0 radical (unpaired) electrons. The van der Waals surface area contributed by atoms with Crippen LogP contribution in [0.15, 0.2) is 24.3 Å². The number of carbonyl (C=O) groups is 1. The van der Waals surface area contributed by atoms with Gasteiger partial charge in [0.1, 0.15) is 5.75 Å². The summed E-state index contributed by atoms with van der Waals surface area (Å²) in [6.45, 7) is 3.13. The lowest BCUT2D eigenvalue weighted by Crippen LogP contribution is -2.55. The van der Waals surface area contributed by atoms with Gasteiger partial charge in [-0.25, -0.2) is 0 Å². The molecule has 1 saturated carbocycles. The molecule has 4 heteroatoms. The van der Waals surface area contributed by atoms with Crippen LogP contribution >= 0.6 is 0 Å². The molecule has 1 heterocycles. The Balaban J connectivity index is 1.58. The third-order valence-corrected chi connectivity index (χ3v) is 5.45. The van der Waals surface area contributed by atoms with Gasteiger partial charge in [0.2, 0.25) is 5.91 Å². The highest BCUT2D eigenvalue weighted by molar-refractivity contribution is 5.78. The molecule has 0 atom stereocenters. The highest BCUT2D eigenvalue weighted by Crippen LogP contribution is 2.35. The minimum absolute atomic E-state index is 0.0553. The number of rotatable bonds is 5. The summed E-state index contributed by atoms with van der Waals surface area (Å²) in [7, 11) is 0. The molecular weight excluding hydrogens is 288 g/mol. The Morgan fingerprint density at radius 1 is 1.13 bits per heavy atom. The van der Waals surface area contributed by atoms with Gasteiger partial charge >= 0.3 is 0 Å². The molecule has 1 saturated heterocycles. The zero-order chi connectivity index (χ0) is 16.1. The van der Waals surface area contributed by atoms with Crippen molar-refractivity contribution in [3.8, 4) is 5.75 Å². The van der Waals surface area contributed by atoms with Crippen molar-refractivity contribution in [2.45, 2.75) is 56.9 Å². The van der Waals surface area contributed by atoms with Crippen molar-refractivity contribution < 1.29 is 9.90 Å². The number of nitrogens with one attached hydrogen (secondary N) is 1. The van der Waals surface area contributed by atoms with Gasteiger partial charge in [0.15, 0.2) is 0 Å². The summed E-state index contributed by atoms with van der Waals surface area (Å²) < 4.78 is 0. The molecule has 1 aliphatic heterocycles. The number of nitrogens with zero attached hydrogens (tertiary/aromatic N) is 1. The Morgan fingerprint density at radius 2 is 1.87 bits per heavy atom. The van der Waals surface area contributed by atoms with Crippen LogP contribution in [0.5, 0.6) is 5.75 Å². The van der Waals surface area contributed by atoms with E-state index in [2.05, 4.69) is 10.2 Å². The topological polar surface area (TPSA) is 52.6 Å². The largest absolute Gasteiger partial charge is 0.508 e. The van der Waals surface area contributed by atoms with Crippen LogP contribution in [0.3, 0.4) is 0 Å². The van der Waals surface area contributed by atoms with Gasteiger partial charge in [-0.2, -0.15) is 0 Å². The van der Waals surface area contributed by atoms with Crippen molar-refractivity contribution in [1.82, 2.24) is 10.2 Å². The maximum atomic E-state index is 12.3. The van der Waals surface area contributed by atoms with E-state index in [9.17, 15) is 9.90 Å². The first-order chi connectivity index (χ1) is 11.2. The quantitative estimate of drug-likeness (QED) is 0.878. The number of phenols is 1. The second-order valence-electron chi connectivity index (χ2n) is 7.10. The fourth-order valence-electron chi connectivity index (χ4n) is 4.18. The number of phenolic OH excluding ortho intramolecular Hbond substituents is 1. The van der Waals surface area contributed by atoms with Gasteiger partial charge in [0, 0.05) is 12.1 Å². The van der Waals surface area contributed by atoms with E-state index in [0.717, 1.165) is 12.1 Å². The molecule has 1 aliphatic carbocycles. The fourth-order valence-corrected chi connectivity index (χ4v) is 4.18. The van der Waals surface area contributed by atoms with Crippen molar-refractivity contribution in [1.29, 1.82) is 0 Å². The molecule has 2 fully saturated rings. The summed E-state index contributed by atoms with van der Waals surface area (Å²) >= 11 is 0. The van der Waals surface area contributed by atoms with Gasteiger partial charge < -0.3 is 10.4 Å². The summed E-state index contributed by atoms with van der Waals surface area (Å²) in [5.41, 5.74) is 1.05. The Hall–Kier alpha value is -1.55. The van der Waals surface area contributed by atoms with Crippen molar-refractivity contribution in [2.24, 2.45) is 0 Å². The van der Waals surface area contributed by atoms with Crippen LogP contribution in [0.2, 0.25) is 0 Å². The van der Waals surface area contributed by atoms with Gasteiger partial charge in [-0.05, 0) is 56.5 Å². The van der Waals surface area contributed by atoms with Gasteiger partial charge in [-0.1, -0.05) is 31.4 Å². The van der Waals surface area contributed by atoms with Gasteiger partial charge in [0.25, 0.3) is 0 Å². The fraction of sp³-hybridized carbons (Fsp3) is 0.632. The second kappa shape index (κ2) is 7.35. The lowest BCUT2D eigenvalue weighted by atomic mass is 9.80. The van der Waals surface area contributed by atoms with Crippen molar-refractivity contribution >= 4 is 5.91 Å². The minimum atomic E-state index is 0.0553. The molecule has 23 heavy (non-hydrogen) atoms. The van der Waals surface area contributed by atoms with Gasteiger partial charge in [-0.15, -0.1) is 0 Å². The average Bonchev–Trinajstić information content (AvgIpc) is 3.09. The zero-order valence-corrected chi connectivity index (χ0v) is 13.9. The number of amides is 1. The van der Waals surface area contributed by atoms with Crippen LogP contribution in [0.1, 0.15) is 50.5 Å². The first-order valence-corrected chi connectivity index (χ1v) is 8.98. The molecule has 1 aromatic rings. The maximum absolute atomic E-state index is 12.3. The number of likely N-dealkylation sites (tertiary alicyclic amines) is 1. The van der Waals surface area contributed by atoms with Gasteiger partial charge in [-0.3, -0.25) is 9.69 Å². The summed E-state index contributed by atoms with van der Waals surface area (Å²) in [4.78, 5) is 14.9. The number of hydrogen-bond acceptors (Lipinski definition) is 3. The summed E-state index contributed by atoms with van der Waals surface area (Å²) in [6, 6.07) is 6.96. The number of hydrogen-bond donors (Lipinski definition) is 2. The Morgan fingerprint density at radius 3 is 2.57 bits per heavy atom. The van der Waals surface area contributed by atoms with E-state index in [1.54, 1.807) is 18.2 Å². The van der Waals surface area contributed by atoms with E-state index < -0.39 is 0 Å². The van der Waals surface area contributed by atoms with E-state index in [1.807, 2.05) is 6.07 Å². The predicted molar refractivity (Wildman–Crippen MR) is 91.4 cm³/mol. The van der Waals surface area contributed by atoms with Crippen LogP contribution in [-0.2, 0) is 11.2 Å². The van der Waals surface area contributed by atoms with Crippen molar-refractivity contribution in [3.63, 3.8) is 0 Å². The predicted octanol–water partition coefficient (Wildman–Crippen LogP) is 2.85. The summed E-state index contributed by atoms with van der Waals surface area (Å²) in [5.74, 6) is 0.274. The highest BCUT2D eigenvalue weighted by atomic mass is 16.3. The molecule has 0 unspecified atom stereocenters. The van der Waals surface area contributed by atoms with Crippen molar-refractivity contribution in [2.75, 3.05) is 19.6 Å². The summed E-state index contributed by atoms with van der Waals surface area (Å²) in [6.07, 6.45) is 9.21. The van der Waals surface area contributed by atoms with Crippen LogP contribution in [0.4, 0.5) is 0 Å². The zero-order valence-electron chi connectivity index (χ0n) is 13.9. The molecule has 2 aliphatic rings. The monoisotopic (exact) mass is 316 g/mol. The molecule has 4 nitrogen and oxygen atoms in total. The van der Waals surface area contributed by atoms with Crippen LogP contribution < -0.4 is 5.32 Å². The van der Waals surface area contributed by atoms with Crippen LogP contribution in [-0.4, -0.2) is 41.1 Å². The van der Waals surface area contributed by atoms with E-state index >= 15 is 0 Å². The Bertz CT molecular complexity index is 532. The molecule has 3 rings (SSSR count). The molecular formula is C19H28N2O2. The smallest absolute Gasteiger partial charge is 0.224 e. The normalized spacial score (nSPS) is 21.2.